The number of carbonyl (C=O) groups excluding carboxylic acids is 1. The second kappa shape index (κ2) is 2.57. The fraction of sp³-hybridized carbons (Fsp3) is 0.143. The predicted octanol–water partition coefficient (Wildman–Crippen LogP) is 0.519. The van der Waals surface area contributed by atoms with E-state index in [2.05, 4.69) is 4.98 Å². The molecule has 0 fully saturated rings. The summed E-state index contributed by atoms with van der Waals surface area (Å²) in [6, 6.07) is 1.35. The minimum atomic E-state index is -0.921. The molecule has 0 spiro atoms. The van der Waals surface area contributed by atoms with Crippen LogP contribution < -0.4 is 5.73 Å². The van der Waals surface area contributed by atoms with Crippen molar-refractivity contribution in [3.8, 4) is 5.75 Å². The van der Waals surface area contributed by atoms with Crippen LogP contribution in [0.3, 0.4) is 0 Å². The van der Waals surface area contributed by atoms with Crippen LogP contribution in [-0.4, -0.2) is 16.0 Å². The summed E-state index contributed by atoms with van der Waals surface area (Å²) in [7, 11) is 0. The van der Waals surface area contributed by atoms with Crippen LogP contribution in [-0.2, 0) is 0 Å². The van der Waals surface area contributed by atoms with E-state index in [1.165, 1.54) is 12.3 Å². The lowest BCUT2D eigenvalue weighted by Crippen LogP contribution is -2.00. The quantitative estimate of drug-likeness (QED) is 0.635. The van der Waals surface area contributed by atoms with Gasteiger partial charge in [0.15, 0.2) is 0 Å². The van der Waals surface area contributed by atoms with Gasteiger partial charge in [0, 0.05) is 18.0 Å². The van der Waals surface area contributed by atoms with Gasteiger partial charge >= 0.3 is 0 Å². The lowest BCUT2D eigenvalue weighted by Gasteiger charge is -1.98. The minimum Gasteiger partial charge on any atom is -0.507 e. The minimum absolute atomic E-state index is 0.0596. The summed E-state index contributed by atoms with van der Waals surface area (Å²) >= 11 is 0. The van der Waals surface area contributed by atoms with Gasteiger partial charge in [-0.25, -0.2) is 0 Å². The van der Waals surface area contributed by atoms with Crippen LogP contribution in [0.1, 0.15) is 16.1 Å². The van der Waals surface area contributed by atoms with E-state index < -0.39 is 5.91 Å². The molecular formula is C7H7N2O2. The Hall–Kier alpha value is -1.58. The van der Waals surface area contributed by atoms with Gasteiger partial charge in [-0.1, -0.05) is 0 Å². The number of carbonyl (C=O) groups is 1. The van der Waals surface area contributed by atoms with Crippen LogP contribution in [0.2, 0.25) is 0 Å². The molecule has 0 bridgehead atoms. The molecule has 4 nitrogen and oxygen atoms in total. The molecule has 0 aliphatic heterocycles. The summed E-state index contributed by atoms with van der Waals surface area (Å²) in [5.74, 6) is -1.10. The molecule has 1 radical (unpaired) electrons. The zero-order valence-electron chi connectivity index (χ0n) is 5.96. The number of nitrogens with one attached hydrogen (secondary N) is 1. The Labute approximate surface area is 63.7 Å². The fourth-order valence-corrected chi connectivity index (χ4v) is 0.720. The van der Waals surface area contributed by atoms with Crippen molar-refractivity contribution in [1.82, 2.24) is 10.7 Å². The SMILES string of the molecule is Cc1cc(O)c(C([NH])=O)cn1. The van der Waals surface area contributed by atoms with E-state index in [9.17, 15) is 4.79 Å². The molecule has 1 aromatic rings. The van der Waals surface area contributed by atoms with Crippen molar-refractivity contribution in [3.63, 3.8) is 0 Å². The van der Waals surface area contributed by atoms with Gasteiger partial charge in [0.05, 0.1) is 0 Å². The highest BCUT2D eigenvalue weighted by molar-refractivity contribution is 5.94. The number of pyridine rings is 1. The highest BCUT2D eigenvalue weighted by atomic mass is 16.3. The van der Waals surface area contributed by atoms with Gasteiger partial charge in [0.25, 0.3) is 5.91 Å². The molecule has 1 amide bonds. The standard InChI is InChI=1S/C7H7N2O2/c1-4-2-6(10)5(3-9-4)7(8)11/h2-3,8H,1H3,(H,9,10). The summed E-state index contributed by atoms with van der Waals surface area (Å²) in [4.78, 5) is 14.2. The Kier molecular flexibility index (Phi) is 1.76. The van der Waals surface area contributed by atoms with Crippen molar-refractivity contribution in [2.24, 2.45) is 0 Å². The van der Waals surface area contributed by atoms with Crippen LogP contribution in [0.5, 0.6) is 5.75 Å². The predicted molar refractivity (Wildman–Crippen MR) is 38.1 cm³/mol. The molecule has 0 saturated carbocycles. The molecule has 4 heteroatoms. The average molecular weight is 151 g/mol. The van der Waals surface area contributed by atoms with Crippen LogP contribution in [0, 0.1) is 6.92 Å². The number of nitrogens with zero attached hydrogens (tertiary/aromatic N) is 1. The van der Waals surface area contributed by atoms with Gasteiger partial charge in [-0.2, -0.15) is 0 Å². The number of aromatic nitrogens is 1. The first-order chi connectivity index (χ1) is 5.11. The van der Waals surface area contributed by atoms with E-state index in [1.54, 1.807) is 6.92 Å². The Bertz CT molecular complexity index is 296. The molecule has 1 heterocycles. The third-order valence-corrected chi connectivity index (χ3v) is 1.26. The maximum absolute atomic E-state index is 10.4. The summed E-state index contributed by atoms with van der Waals surface area (Å²) in [6.45, 7) is 1.69. The van der Waals surface area contributed by atoms with Crippen LogP contribution in [0.25, 0.3) is 0 Å². The number of aromatic hydroxyl groups is 1. The maximum atomic E-state index is 10.4. The van der Waals surface area contributed by atoms with Gasteiger partial charge in [0.2, 0.25) is 0 Å². The Morgan fingerprint density at radius 1 is 1.73 bits per heavy atom. The highest BCUT2D eigenvalue weighted by Crippen LogP contribution is 2.15. The summed E-state index contributed by atoms with van der Waals surface area (Å²) in [6.07, 6.45) is 1.19. The largest absolute Gasteiger partial charge is 0.507 e. The fourth-order valence-electron chi connectivity index (χ4n) is 0.720. The number of amides is 1. The zero-order chi connectivity index (χ0) is 8.43. The van der Waals surface area contributed by atoms with Crippen molar-refractivity contribution in [1.29, 1.82) is 0 Å². The first-order valence-corrected chi connectivity index (χ1v) is 3.03. The summed E-state index contributed by atoms with van der Waals surface area (Å²) in [5, 5.41) is 9.08. The number of hydrogen-bond acceptors (Lipinski definition) is 3. The molecule has 0 saturated heterocycles. The smallest absolute Gasteiger partial charge is 0.275 e. The second-order valence-corrected chi connectivity index (χ2v) is 2.17. The topological polar surface area (TPSA) is 74.0 Å². The van der Waals surface area contributed by atoms with Crippen LogP contribution >= 0.6 is 0 Å². The van der Waals surface area contributed by atoms with Gasteiger partial charge in [-0.3, -0.25) is 15.5 Å². The van der Waals surface area contributed by atoms with E-state index in [0.717, 1.165) is 0 Å². The van der Waals surface area contributed by atoms with Crippen LogP contribution in [0.15, 0.2) is 12.3 Å². The van der Waals surface area contributed by atoms with Crippen LogP contribution in [0.4, 0.5) is 0 Å². The van der Waals surface area contributed by atoms with Gasteiger partial charge in [-0.05, 0) is 6.92 Å². The van der Waals surface area contributed by atoms with E-state index >= 15 is 0 Å². The van der Waals surface area contributed by atoms with Crippen molar-refractivity contribution in [2.75, 3.05) is 0 Å². The first-order valence-electron chi connectivity index (χ1n) is 3.03. The van der Waals surface area contributed by atoms with Gasteiger partial charge < -0.3 is 5.11 Å². The lowest BCUT2D eigenvalue weighted by atomic mass is 10.2. The van der Waals surface area contributed by atoms with Gasteiger partial charge in [-0.15, -0.1) is 0 Å². The third kappa shape index (κ3) is 1.46. The Morgan fingerprint density at radius 3 is 2.82 bits per heavy atom. The summed E-state index contributed by atoms with van der Waals surface area (Å²) < 4.78 is 0. The maximum Gasteiger partial charge on any atom is 0.275 e. The first kappa shape index (κ1) is 7.53. The second-order valence-electron chi connectivity index (χ2n) is 2.17. The number of rotatable bonds is 1. The molecule has 2 N–H and O–H groups in total. The summed E-state index contributed by atoms with van der Waals surface area (Å²) in [5.41, 5.74) is 7.25. The number of hydrogen-bond donors (Lipinski definition) is 1. The van der Waals surface area contributed by atoms with Crippen molar-refractivity contribution < 1.29 is 9.90 Å². The van der Waals surface area contributed by atoms with E-state index in [0.29, 0.717) is 5.69 Å². The highest BCUT2D eigenvalue weighted by Gasteiger charge is 2.07. The van der Waals surface area contributed by atoms with Crippen molar-refractivity contribution >= 4 is 5.91 Å². The molecule has 1 rings (SSSR count). The van der Waals surface area contributed by atoms with E-state index in [-0.39, 0.29) is 11.3 Å². The lowest BCUT2D eigenvalue weighted by molar-refractivity contribution is 0.0989. The zero-order valence-corrected chi connectivity index (χ0v) is 5.96. The third-order valence-electron chi connectivity index (χ3n) is 1.26. The average Bonchev–Trinajstić information content (AvgIpc) is 1.85. The van der Waals surface area contributed by atoms with Crippen molar-refractivity contribution in [2.45, 2.75) is 6.92 Å². The normalized spacial score (nSPS) is 9.55. The molecule has 0 unspecified atom stereocenters. The Morgan fingerprint density at radius 2 is 2.36 bits per heavy atom. The van der Waals surface area contributed by atoms with Crippen molar-refractivity contribution in [3.05, 3.63) is 23.5 Å². The molecule has 1 aromatic heterocycles. The number of aryl methyl sites for hydroxylation is 1. The van der Waals surface area contributed by atoms with E-state index in [1.807, 2.05) is 0 Å². The molecule has 0 atom stereocenters. The molecular weight excluding hydrogens is 144 g/mol. The molecule has 0 aliphatic carbocycles. The molecule has 11 heavy (non-hydrogen) atoms. The molecule has 0 aromatic carbocycles. The van der Waals surface area contributed by atoms with E-state index in [4.69, 9.17) is 10.8 Å². The molecule has 57 valence electrons. The molecule has 0 aliphatic rings. The monoisotopic (exact) mass is 151 g/mol. The van der Waals surface area contributed by atoms with Gasteiger partial charge in [0.1, 0.15) is 11.3 Å². The Balaban J connectivity index is 3.20.